The fourth-order valence-electron chi connectivity index (χ4n) is 3.05. The molecule has 2 N–H and O–H groups in total. The third-order valence-electron chi connectivity index (χ3n) is 4.51. The van der Waals surface area contributed by atoms with Crippen LogP contribution < -0.4 is 5.32 Å². The lowest BCUT2D eigenvalue weighted by Crippen LogP contribution is -2.34. The Bertz CT molecular complexity index is 740. The molecule has 3 rings (SSSR count). The maximum atomic E-state index is 12.2. The van der Waals surface area contributed by atoms with Crippen molar-refractivity contribution < 1.29 is 14.7 Å². The average Bonchev–Trinajstić information content (AvgIpc) is 3.33. The minimum absolute atomic E-state index is 0.0171. The van der Waals surface area contributed by atoms with Crippen LogP contribution in [-0.4, -0.2) is 23.0 Å². The van der Waals surface area contributed by atoms with Crippen molar-refractivity contribution in [3.05, 3.63) is 48.0 Å². The highest BCUT2D eigenvalue weighted by Crippen LogP contribution is 2.48. The van der Waals surface area contributed by atoms with Crippen molar-refractivity contribution >= 4 is 22.6 Å². The van der Waals surface area contributed by atoms with Gasteiger partial charge in [-0.2, -0.15) is 0 Å². The van der Waals surface area contributed by atoms with Gasteiger partial charge in [0.25, 0.3) is 0 Å². The highest BCUT2D eigenvalue weighted by atomic mass is 16.4. The maximum Gasteiger partial charge on any atom is 0.303 e. The van der Waals surface area contributed by atoms with E-state index in [0.717, 1.165) is 6.42 Å². The minimum atomic E-state index is -0.827. The fraction of sp³-hybridized carbons (Fsp3) is 0.368. The zero-order valence-electron chi connectivity index (χ0n) is 13.2. The van der Waals surface area contributed by atoms with Crippen molar-refractivity contribution in [1.82, 2.24) is 5.32 Å². The number of hydrogen-bond acceptors (Lipinski definition) is 2. The quantitative estimate of drug-likeness (QED) is 0.860. The molecule has 1 fully saturated rings. The molecule has 4 heteroatoms. The standard InChI is InChI=1S/C19H21NO3/c1-12(6-9-18(21)22)20-19(23)17-11-16(17)15-8-7-13-4-2-3-5-14(13)10-15/h2-5,7-8,10,12,16-17H,6,9,11H2,1H3,(H,20,23)(H,21,22). The third kappa shape index (κ3) is 3.70. The molecule has 4 nitrogen and oxygen atoms in total. The molecule has 0 heterocycles. The van der Waals surface area contributed by atoms with E-state index in [-0.39, 0.29) is 30.2 Å². The molecule has 0 saturated heterocycles. The van der Waals surface area contributed by atoms with E-state index >= 15 is 0 Å². The predicted molar refractivity (Wildman–Crippen MR) is 89.3 cm³/mol. The van der Waals surface area contributed by atoms with Crippen molar-refractivity contribution in [2.24, 2.45) is 5.92 Å². The lowest BCUT2D eigenvalue weighted by molar-refractivity contribution is -0.137. The van der Waals surface area contributed by atoms with Crippen LogP contribution in [-0.2, 0) is 9.59 Å². The Balaban J connectivity index is 1.59. The number of fused-ring (bicyclic) bond motifs is 1. The first-order valence-corrected chi connectivity index (χ1v) is 8.05. The largest absolute Gasteiger partial charge is 0.481 e. The number of carbonyl (C=O) groups excluding carboxylic acids is 1. The van der Waals surface area contributed by atoms with Crippen molar-refractivity contribution in [3.8, 4) is 0 Å². The van der Waals surface area contributed by atoms with Crippen LogP contribution in [0.2, 0.25) is 0 Å². The van der Waals surface area contributed by atoms with Gasteiger partial charge in [0.15, 0.2) is 0 Å². The van der Waals surface area contributed by atoms with Crippen molar-refractivity contribution in [3.63, 3.8) is 0 Å². The molecule has 0 bridgehead atoms. The summed E-state index contributed by atoms with van der Waals surface area (Å²) in [5.74, 6) is -0.484. The number of amides is 1. The van der Waals surface area contributed by atoms with Gasteiger partial charge in [0.05, 0.1) is 0 Å². The molecule has 2 aromatic rings. The normalized spacial score (nSPS) is 20.9. The Morgan fingerprint density at radius 3 is 2.70 bits per heavy atom. The van der Waals surface area contributed by atoms with Gasteiger partial charge < -0.3 is 10.4 Å². The van der Waals surface area contributed by atoms with Gasteiger partial charge in [-0.05, 0) is 42.0 Å². The summed E-state index contributed by atoms with van der Waals surface area (Å²) in [6.07, 6.45) is 1.42. The van der Waals surface area contributed by atoms with E-state index in [4.69, 9.17) is 5.11 Å². The van der Waals surface area contributed by atoms with Gasteiger partial charge in [-0.25, -0.2) is 0 Å². The molecular formula is C19H21NO3. The van der Waals surface area contributed by atoms with Gasteiger partial charge in [0, 0.05) is 18.4 Å². The summed E-state index contributed by atoms with van der Waals surface area (Å²) < 4.78 is 0. The number of carbonyl (C=O) groups is 2. The summed E-state index contributed by atoms with van der Waals surface area (Å²) in [6, 6.07) is 14.5. The molecule has 3 atom stereocenters. The molecule has 120 valence electrons. The van der Waals surface area contributed by atoms with Crippen LogP contribution in [0.4, 0.5) is 0 Å². The first-order valence-electron chi connectivity index (χ1n) is 8.05. The Kier molecular flexibility index (Phi) is 4.33. The lowest BCUT2D eigenvalue weighted by atomic mass is 10.0. The van der Waals surface area contributed by atoms with Gasteiger partial charge in [0.2, 0.25) is 5.91 Å². The monoisotopic (exact) mass is 311 g/mol. The highest BCUT2D eigenvalue weighted by Gasteiger charge is 2.44. The second-order valence-corrected chi connectivity index (χ2v) is 6.40. The SMILES string of the molecule is CC(CCC(=O)O)NC(=O)C1CC1c1ccc2ccccc2c1. The topological polar surface area (TPSA) is 66.4 Å². The summed E-state index contributed by atoms with van der Waals surface area (Å²) in [4.78, 5) is 22.8. The van der Waals surface area contributed by atoms with E-state index in [9.17, 15) is 9.59 Å². The maximum absolute atomic E-state index is 12.2. The smallest absolute Gasteiger partial charge is 0.303 e. The van der Waals surface area contributed by atoms with E-state index in [1.54, 1.807) is 0 Å². The van der Waals surface area contributed by atoms with Gasteiger partial charge >= 0.3 is 5.97 Å². The van der Waals surface area contributed by atoms with E-state index in [1.807, 2.05) is 19.1 Å². The Morgan fingerprint density at radius 1 is 1.22 bits per heavy atom. The minimum Gasteiger partial charge on any atom is -0.481 e. The van der Waals surface area contributed by atoms with Crippen LogP contribution in [0, 0.1) is 5.92 Å². The first kappa shape index (κ1) is 15.5. The number of aliphatic carboxylic acids is 1. The van der Waals surface area contributed by atoms with Crippen molar-refractivity contribution in [1.29, 1.82) is 0 Å². The number of carboxylic acids is 1. The molecule has 1 saturated carbocycles. The summed E-state index contributed by atoms with van der Waals surface area (Å²) in [5.41, 5.74) is 1.21. The molecular weight excluding hydrogens is 290 g/mol. The molecule has 2 aromatic carbocycles. The van der Waals surface area contributed by atoms with Gasteiger partial charge in [0.1, 0.15) is 0 Å². The van der Waals surface area contributed by atoms with Crippen molar-refractivity contribution in [2.75, 3.05) is 0 Å². The Morgan fingerprint density at radius 2 is 1.96 bits per heavy atom. The van der Waals surface area contributed by atoms with Crippen LogP contribution >= 0.6 is 0 Å². The third-order valence-corrected chi connectivity index (χ3v) is 4.51. The van der Waals surface area contributed by atoms with E-state index in [2.05, 4.69) is 35.6 Å². The number of nitrogens with one attached hydrogen (secondary N) is 1. The van der Waals surface area contributed by atoms with Crippen LogP contribution in [0.15, 0.2) is 42.5 Å². The highest BCUT2D eigenvalue weighted by molar-refractivity contribution is 5.86. The lowest BCUT2D eigenvalue weighted by Gasteiger charge is -2.12. The van der Waals surface area contributed by atoms with Crippen LogP contribution in [0.3, 0.4) is 0 Å². The molecule has 0 aromatic heterocycles. The van der Waals surface area contributed by atoms with Crippen molar-refractivity contribution in [2.45, 2.75) is 38.1 Å². The summed E-state index contributed by atoms with van der Waals surface area (Å²) in [5, 5.41) is 14.0. The number of carboxylic acid groups (broad SMARTS) is 1. The first-order chi connectivity index (χ1) is 11.0. The molecule has 1 aliphatic rings. The fourth-order valence-corrected chi connectivity index (χ4v) is 3.05. The molecule has 0 radical (unpaired) electrons. The molecule has 23 heavy (non-hydrogen) atoms. The van der Waals surface area contributed by atoms with E-state index < -0.39 is 5.97 Å². The van der Waals surface area contributed by atoms with E-state index in [1.165, 1.54) is 16.3 Å². The molecule has 0 aliphatic heterocycles. The molecule has 1 aliphatic carbocycles. The molecule has 3 unspecified atom stereocenters. The summed E-state index contributed by atoms with van der Waals surface area (Å²) in [7, 11) is 0. The van der Waals surface area contributed by atoms with Crippen LogP contribution in [0.1, 0.15) is 37.7 Å². The predicted octanol–water partition coefficient (Wildman–Crippen LogP) is 3.31. The number of benzene rings is 2. The average molecular weight is 311 g/mol. The molecule has 0 spiro atoms. The second kappa shape index (κ2) is 6.41. The van der Waals surface area contributed by atoms with Crippen LogP contribution in [0.5, 0.6) is 0 Å². The Labute approximate surface area is 135 Å². The van der Waals surface area contributed by atoms with Gasteiger partial charge in [-0.1, -0.05) is 42.5 Å². The van der Waals surface area contributed by atoms with Crippen LogP contribution in [0.25, 0.3) is 10.8 Å². The summed E-state index contributed by atoms with van der Waals surface area (Å²) in [6.45, 7) is 1.86. The van der Waals surface area contributed by atoms with E-state index in [0.29, 0.717) is 6.42 Å². The molecule has 1 amide bonds. The zero-order chi connectivity index (χ0) is 16.4. The zero-order valence-corrected chi connectivity index (χ0v) is 13.2. The second-order valence-electron chi connectivity index (χ2n) is 6.40. The number of rotatable bonds is 6. The van der Waals surface area contributed by atoms with Gasteiger partial charge in [-0.3, -0.25) is 9.59 Å². The number of hydrogen-bond donors (Lipinski definition) is 2. The van der Waals surface area contributed by atoms with Gasteiger partial charge in [-0.15, -0.1) is 0 Å². The Hall–Kier alpha value is -2.36. The summed E-state index contributed by atoms with van der Waals surface area (Å²) >= 11 is 0.